The fourth-order valence-electron chi connectivity index (χ4n) is 3.17. The van der Waals surface area contributed by atoms with Gasteiger partial charge in [-0.2, -0.15) is 0 Å². The number of nitrogen functional groups attached to an aromatic ring is 1. The molecular weight excluding hydrogens is 386 g/mol. The molecule has 1 aliphatic rings. The van der Waals surface area contributed by atoms with E-state index in [0.717, 1.165) is 0 Å². The number of allylic oxidation sites excluding steroid dienone is 2. The van der Waals surface area contributed by atoms with Crippen LogP contribution in [0.3, 0.4) is 0 Å². The Hall–Kier alpha value is -3.03. The lowest BCUT2D eigenvalue weighted by molar-refractivity contribution is 0.143. The second-order valence-electron chi connectivity index (χ2n) is 6.13. The first-order valence-corrected chi connectivity index (χ1v) is 8.73. The minimum absolute atomic E-state index is 0.0206. The maximum Gasteiger partial charge on any atom is 0.220 e. The van der Waals surface area contributed by atoms with Crippen LogP contribution in [0.2, 0.25) is 0 Å². The zero-order chi connectivity index (χ0) is 19.8. The van der Waals surface area contributed by atoms with E-state index in [2.05, 4.69) is 9.97 Å². The molecule has 1 aromatic heterocycles. The molecule has 1 unspecified atom stereocenters. The minimum Gasteiger partial charge on any atom is -0.368 e. The van der Waals surface area contributed by atoms with Crippen molar-refractivity contribution in [3.05, 3.63) is 71.5 Å². The lowest BCUT2D eigenvalue weighted by Gasteiger charge is -2.30. The number of nitrogens with two attached hydrogens (primary N) is 1. The predicted molar refractivity (Wildman–Crippen MR) is 106 cm³/mol. The number of methoxy groups -OCH3 is 1. The molecule has 0 spiro atoms. The highest BCUT2D eigenvalue weighted by molar-refractivity contribution is 6.31. The van der Waals surface area contributed by atoms with Crippen molar-refractivity contribution in [3.8, 4) is 11.1 Å². The fourth-order valence-corrected chi connectivity index (χ4v) is 3.35. The van der Waals surface area contributed by atoms with Crippen molar-refractivity contribution in [2.45, 2.75) is 6.23 Å². The Bertz CT molecular complexity index is 1130. The average molecular weight is 401 g/mol. The number of anilines is 2. The van der Waals surface area contributed by atoms with Gasteiger partial charge in [0.2, 0.25) is 5.95 Å². The summed E-state index contributed by atoms with van der Waals surface area (Å²) >= 11 is 6.07. The van der Waals surface area contributed by atoms with Gasteiger partial charge in [-0.05, 0) is 24.3 Å². The van der Waals surface area contributed by atoms with E-state index in [0.29, 0.717) is 15.9 Å². The Kier molecular flexibility index (Phi) is 4.70. The van der Waals surface area contributed by atoms with Crippen LogP contribution in [-0.2, 0) is 4.74 Å². The molecular formula is C20H15ClF2N4O. The number of fused-ring (bicyclic) bond motifs is 1. The second-order valence-corrected chi connectivity index (χ2v) is 6.57. The molecule has 3 aromatic rings. The molecule has 142 valence electrons. The molecule has 1 aliphatic heterocycles. The van der Waals surface area contributed by atoms with Crippen molar-refractivity contribution in [1.82, 2.24) is 9.97 Å². The Morgan fingerprint density at radius 2 is 2.04 bits per heavy atom. The monoisotopic (exact) mass is 400 g/mol. The molecule has 0 radical (unpaired) electrons. The van der Waals surface area contributed by atoms with E-state index < -0.39 is 17.9 Å². The van der Waals surface area contributed by atoms with Gasteiger partial charge < -0.3 is 15.4 Å². The highest BCUT2D eigenvalue weighted by Crippen LogP contribution is 2.37. The molecule has 2 N–H and O–H groups in total. The number of nitrogens with zero attached hydrogens (tertiary/aromatic N) is 3. The van der Waals surface area contributed by atoms with Crippen LogP contribution in [-0.4, -0.2) is 23.3 Å². The van der Waals surface area contributed by atoms with Crippen LogP contribution in [0, 0.1) is 11.6 Å². The zero-order valence-corrected chi connectivity index (χ0v) is 15.5. The minimum atomic E-state index is -0.761. The van der Waals surface area contributed by atoms with E-state index in [-0.39, 0.29) is 22.8 Å². The standard InChI is InChI=1S/C20H15ClF2N4O/c1-28-16-8-5-12(21)10-27(16)15-7-6-14(22)17(18(15)23)13-4-2-3-11-9-25-20(24)26-19(11)13/h2-10,16H,1H3,(H2,24,25,26). The van der Waals surface area contributed by atoms with E-state index in [9.17, 15) is 4.39 Å². The molecule has 0 aliphatic carbocycles. The molecule has 8 heteroatoms. The van der Waals surface area contributed by atoms with Crippen molar-refractivity contribution in [2.24, 2.45) is 0 Å². The summed E-state index contributed by atoms with van der Waals surface area (Å²) in [5, 5.41) is 1.01. The Morgan fingerprint density at radius 1 is 1.21 bits per heavy atom. The Morgan fingerprint density at radius 3 is 2.82 bits per heavy atom. The molecule has 0 saturated heterocycles. The molecule has 28 heavy (non-hydrogen) atoms. The molecule has 0 fully saturated rings. The van der Waals surface area contributed by atoms with Gasteiger partial charge in [-0.3, -0.25) is 0 Å². The number of rotatable bonds is 3. The molecule has 5 nitrogen and oxygen atoms in total. The van der Waals surface area contributed by atoms with E-state index >= 15 is 4.39 Å². The number of hydrogen-bond donors (Lipinski definition) is 1. The molecule has 4 rings (SSSR count). The smallest absolute Gasteiger partial charge is 0.220 e. The molecule has 2 aromatic carbocycles. The summed E-state index contributed by atoms with van der Waals surface area (Å²) in [4.78, 5) is 9.60. The van der Waals surface area contributed by atoms with Crippen LogP contribution < -0.4 is 10.6 Å². The van der Waals surface area contributed by atoms with E-state index in [4.69, 9.17) is 22.1 Å². The average Bonchev–Trinajstić information content (AvgIpc) is 2.68. The molecule has 0 bridgehead atoms. The van der Waals surface area contributed by atoms with Gasteiger partial charge in [0.15, 0.2) is 12.0 Å². The molecule has 0 saturated carbocycles. The lowest BCUT2D eigenvalue weighted by atomic mass is 10.00. The SMILES string of the molecule is COC1C=CC(Cl)=CN1c1ccc(F)c(-c2cccc3cnc(N)nc23)c1F. The quantitative estimate of drug-likeness (QED) is 0.696. The number of hydrogen-bond acceptors (Lipinski definition) is 5. The molecule has 1 atom stereocenters. The van der Waals surface area contributed by atoms with Gasteiger partial charge in [-0.25, -0.2) is 18.7 Å². The van der Waals surface area contributed by atoms with E-state index in [1.807, 2.05) is 0 Å². The first kappa shape index (κ1) is 18.3. The topological polar surface area (TPSA) is 64.3 Å². The largest absolute Gasteiger partial charge is 0.368 e. The number of aromatic nitrogens is 2. The summed E-state index contributed by atoms with van der Waals surface area (Å²) in [6, 6.07) is 7.56. The first-order chi connectivity index (χ1) is 13.5. The van der Waals surface area contributed by atoms with Crippen molar-refractivity contribution < 1.29 is 13.5 Å². The third-order valence-electron chi connectivity index (χ3n) is 4.45. The highest BCUT2D eigenvalue weighted by Gasteiger charge is 2.25. The Balaban J connectivity index is 1.94. The fraction of sp³-hybridized carbons (Fsp3) is 0.100. The third-order valence-corrected chi connectivity index (χ3v) is 4.67. The van der Waals surface area contributed by atoms with Crippen LogP contribution in [0.1, 0.15) is 0 Å². The second kappa shape index (κ2) is 7.18. The van der Waals surface area contributed by atoms with Crippen LogP contribution in [0.4, 0.5) is 20.4 Å². The summed E-state index contributed by atoms with van der Waals surface area (Å²) in [6.07, 6.45) is 5.79. The zero-order valence-electron chi connectivity index (χ0n) is 14.7. The molecule has 0 amide bonds. The summed E-state index contributed by atoms with van der Waals surface area (Å²) < 4.78 is 35.7. The summed E-state index contributed by atoms with van der Waals surface area (Å²) in [5.74, 6) is -1.46. The van der Waals surface area contributed by atoms with Crippen LogP contribution in [0.25, 0.3) is 22.0 Å². The van der Waals surface area contributed by atoms with Crippen molar-refractivity contribution in [3.63, 3.8) is 0 Å². The molecule has 2 heterocycles. The van der Waals surface area contributed by atoms with Crippen molar-refractivity contribution >= 4 is 34.1 Å². The lowest BCUT2D eigenvalue weighted by Crippen LogP contribution is -2.33. The van der Waals surface area contributed by atoms with Gasteiger partial charge in [0.1, 0.15) is 5.82 Å². The maximum absolute atomic E-state index is 15.6. The summed E-state index contributed by atoms with van der Waals surface area (Å²) in [5.41, 5.74) is 6.22. The van der Waals surface area contributed by atoms with E-state index in [1.165, 1.54) is 36.5 Å². The number of para-hydroxylation sites is 1. The number of halogens is 3. The number of benzene rings is 2. The highest BCUT2D eigenvalue weighted by atomic mass is 35.5. The summed E-state index contributed by atoms with van der Waals surface area (Å²) in [7, 11) is 1.49. The summed E-state index contributed by atoms with van der Waals surface area (Å²) in [6.45, 7) is 0. The third kappa shape index (κ3) is 3.08. The van der Waals surface area contributed by atoms with Crippen LogP contribution in [0.5, 0.6) is 0 Å². The van der Waals surface area contributed by atoms with Crippen molar-refractivity contribution in [2.75, 3.05) is 17.7 Å². The van der Waals surface area contributed by atoms with Crippen molar-refractivity contribution in [1.29, 1.82) is 0 Å². The Labute approximate surface area is 164 Å². The first-order valence-electron chi connectivity index (χ1n) is 8.36. The van der Waals surface area contributed by atoms with Gasteiger partial charge in [-0.15, -0.1) is 0 Å². The van der Waals surface area contributed by atoms with Gasteiger partial charge in [0, 0.05) is 30.5 Å². The normalized spacial score (nSPS) is 16.5. The van der Waals surface area contributed by atoms with Gasteiger partial charge >= 0.3 is 0 Å². The van der Waals surface area contributed by atoms with Gasteiger partial charge in [0.05, 0.1) is 21.8 Å². The maximum atomic E-state index is 15.6. The van der Waals surface area contributed by atoms with Gasteiger partial charge in [-0.1, -0.05) is 29.8 Å². The van der Waals surface area contributed by atoms with Crippen LogP contribution >= 0.6 is 11.6 Å². The van der Waals surface area contributed by atoms with E-state index in [1.54, 1.807) is 30.4 Å². The predicted octanol–water partition coefficient (Wildman–Crippen LogP) is 4.59. The van der Waals surface area contributed by atoms with Gasteiger partial charge in [0.25, 0.3) is 0 Å². The number of ether oxygens (including phenoxy) is 1. The van der Waals surface area contributed by atoms with Crippen LogP contribution in [0.15, 0.2) is 59.9 Å².